The molecule has 0 aromatic heterocycles. The van der Waals surface area contributed by atoms with Gasteiger partial charge in [-0.15, -0.1) is 0 Å². The third-order valence-corrected chi connectivity index (χ3v) is 3.22. The van der Waals surface area contributed by atoms with Crippen molar-refractivity contribution in [2.24, 2.45) is 5.92 Å². The minimum atomic E-state index is -0.227. The second-order valence-corrected chi connectivity index (χ2v) is 3.81. The standard InChI is InChI=1S/C9H15NO2/c1-2-7-4-3-5-9(7)6-10-8(11)12-9/h7H,2-6H2,1H3,(H,10,11). The molecule has 1 amide bonds. The van der Waals surface area contributed by atoms with E-state index in [1.807, 2.05) is 0 Å². The van der Waals surface area contributed by atoms with Gasteiger partial charge in [0.1, 0.15) is 5.60 Å². The molecule has 1 spiro atoms. The van der Waals surface area contributed by atoms with Gasteiger partial charge in [-0.2, -0.15) is 0 Å². The van der Waals surface area contributed by atoms with Gasteiger partial charge in [0.2, 0.25) is 0 Å². The summed E-state index contributed by atoms with van der Waals surface area (Å²) in [5, 5.41) is 2.76. The molecule has 2 rings (SSSR count). The summed E-state index contributed by atoms with van der Waals surface area (Å²) in [6.07, 6.45) is 4.35. The summed E-state index contributed by atoms with van der Waals surface area (Å²) < 4.78 is 5.36. The van der Waals surface area contributed by atoms with E-state index in [4.69, 9.17) is 4.74 Å². The zero-order valence-electron chi connectivity index (χ0n) is 7.43. The van der Waals surface area contributed by atoms with Gasteiger partial charge in [-0.3, -0.25) is 0 Å². The molecule has 3 heteroatoms. The predicted molar refractivity (Wildman–Crippen MR) is 44.8 cm³/mol. The first kappa shape index (κ1) is 7.90. The largest absolute Gasteiger partial charge is 0.441 e. The number of amides is 1. The normalized spacial score (nSPS) is 40.1. The van der Waals surface area contributed by atoms with Crippen molar-refractivity contribution in [2.45, 2.75) is 38.2 Å². The molecular formula is C9H15NO2. The van der Waals surface area contributed by atoms with Crippen LogP contribution in [0.25, 0.3) is 0 Å². The molecule has 0 aromatic rings. The molecule has 1 saturated carbocycles. The molecule has 0 aromatic carbocycles. The van der Waals surface area contributed by atoms with Crippen LogP contribution in [0.1, 0.15) is 32.6 Å². The van der Waals surface area contributed by atoms with Crippen molar-refractivity contribution in [2.75, 3.05) is 6.54 Å². The summed E-state index contributed by atoms with van der Waals surface area (Å²) in [6.45, 7) is 2.90. The van der Waals surface area contributed by atoms with Crippen LogP contribution in [0.3, 0.4) is 0 Å². The maximum atomic E-state index is 10.9. The number of hydrogen-bond donors (Lipinski definition) is 1. The lowest BCUT2D eigenvalue weighted by molar-refractivity contribution is 0.0238. The van der Waals surface area contributed by atoms with Crippen LogP contribution in [0.5, 0.6) is 0 Å². The van der Waals surface area contributed by atoms with Gasteiger partial charge >= 0.3 is 6.09 Å². The Bertz CT molecular complexity index is 205. The summed E-state index contributed by atoms with van der Waals surface area (Å²) in [5.74, 6) is 0.580. The second kappa shape index (κ2) is 2.64. The highest BCUT2D eigenvalue weighted by molar-refractivity contribution is 5.70. The summed E-state index contributed by atoms with van der Waals surface area (Å²) >= 11 is 0. The molecule has 3 nitrogen and oxygen atoms in total. The predicted octanol–water partition coefficient (Wildman–Crippen LogP) is 1.68. The number of ether oxygens (including phenoxy) is 1. The summed E-state index contributed by atoms with van der Waals surface area (Å²) in [7, 11) is 0. The van der Waals surface area contributed by atoms with Crippen LogP contribution in [0.15, 0.2) is 0 Å². The molecular weight excluding hydrogens is 154 g/mol. The van der Waals surface area contributed by atoms with Gasteiger partial charge in [0, 0.05) is 5.92 Å². The van der Waals surface area contributed by atoms with E-state index in [1.54, 1.807) is 0 Å². The van der Waals surface area contributed by atoms with Crippen LogP contribution >= 0.6 is 0 Å². The summed E-state index contributed by atoms with van der Waals surface area (Å²) in [5.41, 5.74) is -0.133. The average molecular weight is 169 g/mol. The highest BCUT2D eigenvalue weighted by Crippen LogP contribution is 2.42. The van der Waals surface area contributed by atoms with Gasteiger partial charge in [-0.25, -0.2) is 4.79 Å². The third kappa shape index (κ3) is 0.993. The first-order chi connectivity index (χ1) is 5.77. The van der Waals surface area contributed by atoms with Crippen LogP contribution in [-0.4, -0.2) is 18.2 Å². The van der Waals surface area contributed by atoms with E-state index in [9.17, 15) is 4.79 Å². The Morgan fingerprint density at radius 1 is 1.75 bits per heavy atom. The monoisotopic (exact) mass is 169 g/mol. The Morgan fingerprint density at radius 2 is 2.58 bits per heavy atom. The van der Waals surface area contributed by atoms with Crippen molar-refractivity contribution < 1.29 is 9.53 Å². The number of hydrogen-bond acceptors (Lipinski definition) is 2. The first-order valence-electron chi connectivity index (χ1n) is 4.74. The molecule has 12 heavy (non-hydrogen) atoms. The molecule has 1 aliphatic carbocycles. The van der Waals surface area contributed by atoms with Gasteiger partial charge in [0.25, 0.3) is 0 Å². The van der Waals surface area contributed by atoms with Crippen molar-refractivity contribution >= 4 is 6.09 Å². The van der Waals surface area contributed by atoms with E-state index in [2.05, 4.69) is 12.2 Å². The number of nitrogens with one attached hydrogen (secondary N) is 1. The Hall–Kier alpha value is -0.730. The highest BCUT2D eigenvalue weighted by atomic mass is 16.6. The minimum absolute atomic E-state index is 0.133. The fourth-order valence-corrected chi connectivity index (χ4v) is 2.54. The van der Waals surface area contributed by atoms with Gasteiger partial charge in [-0.05, 0) is 25.7 Å². The summed E-state index contributed by atoms with van der Waals surface area (Å²) in [6, 6.07) is 0. The maximum Gasteiger partial charge on any atom is 0.407 e. The first-order valence-corrected chi connectivity index (χ1v) is 4.74. The van der Waals surface area contributed by atoms with Crippen LogP contribution in [0, 0.1) is 5.92 Å². The molecule has 1 N–H and O–H groups in total. The van der Waals surface area contributed by atoms with E-state index >= 15 is 0 Å². The van der Waals surface area contributed by atoms with Crippen molar-refractivity contribution in [3.8, 4) is 0 Å². The van der Waals surface area contributed by atoms with E-state index < -0.39 is 0 Å². The Labute approximate surface area is 72.5 Å². The number of carbonyl (C=O) groups excluding carboxylic acids is 1. The van der Waals surface area contributed by atoms with Crippen LogP contribution < -0.4 is 5.32 Å². The lowest BCUT2D eigenvalue weighted by Gasteiger charge is -2.27. The fraction of sp³-hybridized carbons (Fsp3) is 0.889. The molecule has 1 saturated heterocycles. The lowest BCUT2D eigenvalue weighted by atomic mass is 9.89. The Kier molecular flexibility index (Phi) is 1.74. The number of carbonyl (C=O) groups is 1. The topological polar surface area (TPSA) is 38.3 Å². The van der Waals surface area contributed by atoms with Crippen LogP contribution in [0.4, 0.5) is 4.79 Å². The number of rotatable bonds is 1. The van der Waals surface area contributed by atoms with Crippen LogP contribution in [-0.2, 0) is 4.74 Å². The van der Waals surface area contributed by atoms with E-state index in [0.717, 1.165) is 19.4 Å². The van der Waals surface area contributed by atoms with Crippen LogP contribution in [0.2, 0.25) is 0 Å². The van der Waals surface area contributed by atoms with Crippen molar-refractivity contribution in [3.63, 3.8) is 0 Å². The van der Waals surface area contributed by atoms with Gasteiger partial charge in [-0.1, -0.05) is 6.92 Å². The zero-order chi connectivity index (χ0) is 8.60. The summed E-state index contributed by atoms with van der Waals surface area (Å²) in [4.78, 5) is 10.9. The second-order valence-electron chi connectivity index (χ2n) is 3.81. The van der Waals surface area contributed by atoms with Gasteiger partial charge in [0.05, 0.1) is 6.54 Å². The van der Waals surface area contributed by atoms with Crippen molar-refractivity contribution in [1.29, 1.82) is 0 Å². The zero-order valence-corrected chi connectivity index (χ0v) is 7.43. The van der Waals surface area contributed by atoms with Crippen molar-refractivity contribution in [1.82, 2.24) is 5.32 Å². The van der Waals surface area contributed by atoms with E-state index in [0.29, 0.717) is 5.92 Å². The highest BCUT2D eigenvalue weighted by Gasteiger charge is 2.48. The average Bonchev–Trinajstić information content (AvgIpc) is 2.60. The SMILES string of the molecule is CCC1CCCC12CNC(=O)O2. The van der Waals surface area contributed by atoms with E-state index in [1.165, 1.54) is 12.8 Å². The third-order valence-electron chi connectivity index (χ3n) is 3.22. The Morgan fingerprint density at radius 3 is 3.17 bits per heavy atom. The molecule has 2 atom stereocenters. The molecule has 0 radical (unpaired) electrons. The minimum Gasteiger partial charge on any atom is -0.441 e. The number of alkyl carbamates (subject to hydrolysis) is 1. The molecule has 1 aliphatic heterocycles. The quantitative estimate of drug-likeness (QED) is 0.648. The molecule has 2 aliphatic rings. The lowest BCUT2D eigenvalue weighted by Crippen LogP contribution is -2.36. The van der Waals surface area contributed by atoms with Gasteiger partial charge in [0.15, 0.2) is 0 Å². The molecule has 1 heterocycles. The Balaban J connectivity index is 2.14. The fourth-order valence-electron chi connectivity index (χ4n) is 2.54. The van der Waals surface area contributed by atoms with Gasteiger partial charge < -0.3 is 10.1 Å². The molecule has 2 fully saturated rings. The molecule has 2 unspecified atom stereocenters. The maximum absolute atomic E-state index is 10.9. The molecule has 0 bridgehead atoms. The van der Waals surface area contributed by atoms with E-state index in [-0.39, 0.29) is 11.7 Å². The van der Waals surface area contributed by atoms with Crippen molar-refractivity contribution in [3.05, 3.63) is 0 Å². The molecule has 68 valence electrons. The smallest absolute Gasteiger partial charge is 0.407 e.